The summed E-state index contributed by atoms with van der Waals surface area (Å²) in [7, 11) is 4.84. The van der Waals surface area contributed by atoms with Crippen LogP contribution in [0.2, 0.25) is 0 Å². The zero-order valence-corrected chi connectivity index (χ0v) is 19.0. The topological polar surface area (TPSA) is 90.2 Å². The predicted octanol–water partition coefficient (Wildman–Crippen LogP) is 2.46. The fourth-order valence-corrected chi connectivity index (χ4v) is 4.17. The maximum absolute atomic E-state index is 12.4. The minimum absolute atomic E-state index is 0.0693. The van der Waals surface area contributed by atoms with Crippen molar-refractivity contribution in [1.82, 2.24) is 19.9 Å². The van der Waals surface area contributed by atoms with Crippen molar-refractivity contribution in [3.05, 3.63) is 29.4 Å². The van der Waals surface area contributed by atoms with Crippen molar-refractivity contribution >= 4 is 5.91 Å². The first-order valence-corrected chi connectivity index (χ1v) is 10.5. The molecule has 0 radical (unpaired) electrons. The van der Waals surface area contributed by atoms with Crippen molar-refractivity contribution in [2.75, 3.05) is 41.0 Å². The number of ether oxygens (including phenoxy) is 3. The molecule has 31 heavy (non-hydrogen) atoms. The van der Waals surface area contributed by atoms with E-state index in [0.717, 1.165) is 38.0 Å². The van der Waals surface area contributed by atoms with Crippen molar-refractivity contribution in [3.63, 3.8) is 0 Å². The lowest BCUT2D eigenvalue weighted by atomic mass is 10.0. The van der Waals surface area contributed by atoms with Crippen LogP contribution in [-0.4, -0.2) is 72.9 Å². The van der Waals surface area contributed by atoms with Crippen LogP contribution in [0.3, 0.4) is 0 Å². The van der Waals surface area contributed by atoms with E-state index in [1.807, 2.05) is 17.0 Å². The third-order valence-electron chi connectivity index (χ3n) is 5.60. The highest BCUT2D eigenvalue weighted by Gasteiger charge is 2.27. The average Bonchev–Trinajstić information content (AvgIpc) is 3.18. The molecular weight excluding hydrogens is 400 g/mol. The first-order valence-electron chi connectivity index (χ1n) is 10.5. The van der Waals surface area contributed by atoms with Gasteiger partial charge < -0.3 is 23.6 Å². The summed E-state index contributed by atoms with van der Waals surface area (Å²) in [4.78, 5) is 20.9. The molecule has 3 rings (SSSR count). The smallest absolute Gasteiger partial charge is 0.223 e. The standard InChI is InChI=1S/C22H32N4O5/c1-15-23-21(24-31-15)8-10-26(16(2)27)18-7-6-9-25(14-18)13-17-11-19(28-3)22(30-5)20(12-17)29-4/h11-12,18H,6-10,13-14H2,1-5H3. The lowest BCUT2D eigenvalue weighted by Crippen LogP contribution is -2.50. The zero-order valence-electron chi connectivity index (χ0n) is 19.0. The van der Waals surface area contributed by atoms with E-state index in [1.165, 1.54) is 0 Å². The van der Waals surface area contributed by atoms with E-state index in [2.05, 4.69) is 15.0 Å². The number of likely N-dealkylation sites (tertiary alicyclic amines) is 1. The second-order valence-electron chi connectivity index (χ2n) is 7.76. The summed E-state index contributed by atoms with van der Waals surface area (Å²) >= 11 is 0. The van der Waals surface area contributed by atoms with Gasteiger partial charge in [0.05, 0.1) is 21.3 Å². The Hall–Kier alpha value is -2.81. The lowest BCUT2D eigenvalue weighted by Gasteiger charge is -2.39. The van der Waals surface area contributed by atoms with Crippen LogP contribution in [0.15, 0.2) is 16.7 Å². The number of aryl methyl sites for hydroxylation is 1. The second kappa shape index (κ2) is 10.5. The predicted molar refractivity (Wildman–Crippen MR) is 115 cm³/mol. The van der Waals surface area contributed by atoms with E-state index in [4.69, 9.17) is 18.7 Å². The molecule has 1 aromatic carbocycles. The number of piperidine rings is 1. The van der Waals surface area contributed by atoms with Gasteiger partial charge in [0.2, 0.25) is 17.5 Å². The first kappa shape index (κ1) is 22.9. The summed E-state index contributed by atoms with van der Waals surface area (Å²) in [5, 5.41) is 3.94. The van der Waals surface area contributed by atoms with Gasteiger partial charge in [-0.05, 0) is 37.1 Å². The highest BCUT2D eigenvalue weighted by molar-refractivity contribution is 5.73. The normalized spacial score (nSPS) is 16.7. The average molecular weight is 433 g/mol. The Bertz CT molecular complexity index is 860. The molecule has 0 aliphatic carbocycles. The van der Waals surface area contributed by atoms with E-state index < -0.39 is 0 Å². The van der Waals surface area contributed by atoms with E-state index in [9.17, 15) is 4.79 Å². The Morgan fingerprint density at radius 3 is 2.48 bits per heavy atom. The van der Waals surface area contributed by atoms with Crippen molar-refractivity contribution < 1.29 is 23.5 Å². The highest BCUT2D eigenvalue weighted by atomic mass is 16.5. The number of benzene rings is 1. The number of carbonyl (C=O) groups excluding carboxylic acids is 1. The molecule has 0 spiro atoms. The Labute approximate surface area is 183 Å². The van der Waals surface area contributed by atoms with Crippen LogP contribution in [0.25, 0.3) is 0 Å². The Morgan fingerprint density at radius 2 is 1.94 bits per heavy atom. The van der Waals surface area contributed by atoms with Gasteiger partial charge in [0.25, 0.3) is 0 Å². The van der Waals surface area contributed by atoms with Crippen LogP contribution in [0.4, 0.5) is 0 Å². The quantitative estimate of drug-likeness (QED) is 0.597. The van der Waals surface area contributed by atoms with Crippen LogP contribution in [0, 0.1) is 6.92 Å². The molecule has 1 aliphatic heterocycles. The molecule has 1 saturated heterocycles. The molecule has 9 heteroatoms. The van der Waals surface area contributed by atoms with E-state index >= 15 is 0 Å². The van der Waals surface area contributed by atoms with E-state index in [0.29, 0.717) is 41.9 Å². The molecule has 0 N–H and O–H groups in total. The monoisotopic (exact) mass is 432 g/mol. The molecule has 2 aromatic rings. The molecular formula is C22H32N4O5. The number of hydrogen-bond donors (Lipinski definition) is 0. The van der Waals surface area contributed by atoms with Gasteiger partial charge >= 0.3 is 0 Å². The number of hydrogen-bond acceptors (Lipinski definition) is 8. The molecule has 170 valence electrons. The highest BCUT2D eigenvalue weighted by Crippen LogP contribution is 2.38. The summed E-state index contributed by atoms with van der Waals surface area (Å²) in [5.41, 5.74) is 1.08. The van der Waals surface area contributed by atoms with Crippen LogP contribution in [0.1, 0.15) is 37.0 Å². The van der Waals surface area contributed by atoms with Crippen molar-refractivity contribution in [2.24, 2.45) is 0 Å². The van der Waals surface area contributed by atoms with Crippen LogP contribution in [-0.2, 0) is 17.8 Å². The van der Waals surface area contributed by atoms with Crippen molar-refractivity contribution in [3.8, 4) is 17.2 Å². The van der Waals surface area contributed by atoms with Gasteiger partial charge in [0.15, 0.2) is 17.3 Å². The molecule has 1 atom stereocenters. The molecule has 1 aromatic heterocycles. The SMILES string of the molecule is COc1cc(CN2CCCC(N(CCc3noc(C)n3)C(C)=O)C2)cc(OC)c1OC. The Morgan fingerprint density at radius 1 is 1.23 bits per heavy atom. The minimum atomic E-state index is 0.0693. The van der Waals surface area contributed by atoms with Gasteiger partial charge in [-0.1, -0.05) is 5.16 Å². The van der Waals surface area contributed by atoms with Crippen molar-refractivity contribution in [1.29, 1.82) is 0 Å². The maximum Gasteiger partial charge on any atom is 0.223 e. The van der Waals surface area contributed by atoms with Gasteiger partial charge in [0, 0.05) is 45.9 Å². The van der Waals surface area contributed by atoms with Gasteiger partial charge in [-0.15, -0.1) is 0 Å². The molecule has 1 fully saturated rings. The fourth-order valence-electron chi connectivity index (χ4n) is 4.17. The number of rotatable bonds is 9. The molecule has 0 saturated carbocycles. The first-order chi connectivity index (χ1) is 14.9. The molecule has 2 heterocycles. The molecule has 0 bridgehead atoms. The maximum atomic E-state index is 12.4. The Balaban J connectivity index is 1.68. The zero-order chi connectivity index (χ0) is 22.4. The summed E-state index contributed by atoms with van der Waals surface area (Å²) in [5.74, 6) is 3.12. The molecule has 1 unspecified atom stereocenters. The minimum Gasteiger partial charge on any atom is -0.493 e. The summed E-state index contributed by atoms with van der Waals surface area (Å²) < 4.78 is 21.4. The van der Waals surface area contributed by atoms with Crippen LogP contribution < -0.4 is 14.2 Å². The number of methoxy groups -OCH3 is 3. The summed E-state index contributed by atoms with van der Waals surface area (Å²) in [6.07, 6.45) is 2.59. The van der Waals surface area contributed by atoms with E-state index in [-0.39, 0.29) is 11.9 Å². The second-order valence-corrected chi connectivity index (χ2v) is 7.76. The van der Waals surface area contributed by atoms with Gasteiger partial charge in [0.1, 0.15) is 0 Å². The van der Waals surface area contributed by atoms with Gasteiger partial charge in [-0.25, -0.2) is 0 Å². The number of amides is 1. The fraction of sp³-hybridized carbons (Fsp3) is 0.591. The molecule has 9 nitrogen and oxygen atoms in total. The third kappa shape index (κ3) is 5.66. The number of carbonyl (C=O) groups is 1. The van der Waals surface area contributed by atoms with Gasteiger partial charge in [-0.2, -0.15) is 4.98 Å². The molecule has 1 amide bonds. The van der Waals surface area contributed by atoms with E-state index in [1.54, 1.807) is 35.2 Å². The van der Waals surface area contributed by atoms with Crippen LogP contribution in [0.5, 0.6) is 17.2 Å². The number of aromatic nitrogens is 2. The lowest BCUT2D eigenvalue weighted by molar-refractivity contribution is -0.132. The summed E-state index contributed by atoms with van der Waals surface area (Å²) in [6, 6.07) is 4.11. The molecule has 1 aliphatic rings. The van der Waals surface area contributed by atoms with Gasteiger partial charge in [-0.3, -0.25) is 9.69 Å². The summed E-state index contributed by atoms with van der Waals surface area (Å²) in [6.45, 7) is 6.49. The van der Waals surface area contributed by atoms with Crippen LogP contribution >= 0.6 is 0 Å². The number of nitrogens with zero attached hydrogens (tertiary/aromatic N) is 4. The largest absolute Gasteiger partial charge is 0.493 e. The third-order valence-corrected chi connectivity index (χ3v) is 5.60. The Kier molecular flexibility index (Phi) is 7.73. The van der Waals surface area contributed by atoms with Crippen molar-refractivity contribution in [2.45, 2.75) is 45.7 Å².